The predicted octanol–water partition coefficient (Wildman–Crippen LogP) is 2.96. The van der Waals surface area contributed by atoms with Gasteiger partial charge in [-0.05, 0) is 25.1 Å². The van der Waals surface area contributed by atoms with Gasteiger partial charge in [0.15, 0.2) is 17.6 Å². The molecule has 0 aromatic heterocycles. The minimum atomic E-state index is -1.19. The van der Waals surface area contributed by atoms with E-state index in [1.165, 1.54) is 19.1 Å². The standard InChI is InChI=1S/C18H15ClN2O7/c1-10(17(22)20-13-8-11(21(24)25)6-7-12(13)19)27-18(23)16-9-26-14-4-2-3-5-15(14)28-16/h2-8,10,16H,9H2,1H3,(H,20,22). The van der Waals surface area contributed by atoms with E-state index in [2.05, 4.69) is 5.32 Å². The van der Waals surface area contributed by atoms with Gasteiger partial charge in [-0.15, -0.1) is 0 Å². The largest absolute Gasteiger partial charge is 0.485 e. The Kier molecular flexibility index (Phi) is 5.65. The van der Waals surface area contributed by atoms with Crippen LogP contribution < -0.4 is 14.8 Å². The third-order valence-electron chi connectivity index (χ3n) is 3.85. The van der Waals surface area contributed by atoms with Crippen molar-refractivity contribution in [1.82, 2.24) is 0 Å². The molecule has 9 nitrogen and oxygen atoms in total. The first-order valence-electron chi connectivity index (χ1n) is 8.19. The number of fused-ring (bicyclic) bond motifs is 1. The number of carbonyl (C=O) groups is 2. The van der Waals surface area contributed by atoms with Crippen LogP contribution in [0.4, 0.5) is 11.4 Å². The molecule has 0 fully saturated rings. The highest BCUT2D eigenvalue weighted by molar-refractivity contribution is 6.33. The summed E-state index contributed by atoms with van der Waals surface area (Å²) in [4.78, 5) is 34.8. The van der Waals surface area contributed by atoms with Gasteiger partial charge in [-0.25, -0.2) is 4.79 Å². The summed E-state index contributed by atoms with van der Waals surface area (Å²) in [6.45, 7) is 1.30. The number of nitrogens with one attached hydrogen (secondary N) is 1. The van der Waals surface area contributed by atoms with E-state index in [0.29, 0.717) is 11.5 Å². The Labute approximate surface area is 164 Å². The van der Waals surface area contributed by atoms with Crippen LogP contribution in [-0.4, -0.2) is 35.6 Å². The number of ether oxygens (including phenoxy) is 3. The van der Waals surface area contributed by atoms with Crippen LogP contribution in [-0.2, 0) is 14.3 Å². The van der Waals surface area contributed by atoms with Gasteiger partial charge in [0.25, 0.3) is 11.6 Å². The zero-order valence-corrected chi connectivity index (χ0v) is 15.3. The normalized spacial score (nSPS) is 16.0. The second-order valence-corrected chi connectivity index (χ2v) is 6.26. The van der Waals surface area contributed by atoms with Crippen molar-refractivity contribution in [2.45, 2.75) is 19.1 Å². The SMILES string of the molecule is CC(OC(=O)C1COc2ccccc2O1)C(=O)Nc1cc([N+](=O)[O-])ccc1Cl. The van der Waals surface area contributed by atoms with E-state index >= 15 is 0 Å². The number of halogens is 1. The molecule has 0 bridgehead atoms. The maximum absolute atomic E-state index is 12.3. The molecule has 2 atom stereocenters. The summed E-state index contributed by atoms with van der Waals surface area (Å²) >= 11 is 5.94. The Balaban J connectivity index is 1.61. The lowest BCUT2D eigenvalue weighted by atomic mass is 10.2. The minimum absolute atomic E-state index is 0.0370. The zero-order valence-electron chi connectivity index (χ0n) is 14.6. The van der Waals surface area contributed by atoms with Crippen LogP contribution in [0.2, 0.25) is 5.02 Å². The van der Waals surface area contributed by atoms with Gasteiger partial charge in [0.1, 0.15) is 6.61 Å². The van der Waals surface area contributed by atoms with Gasteiger partial charge in [0.2, 0.25) is 6.10 Å². The molecule has 1 aliphatic heterocycles. The number of nitro benzene ring substituents is 1. The van der Waals surface area contributed by atoms with Crippen LogP contribution in [0, 0.1) is 10.1 Å². The van der Waals surface area contributed by atoms with Crippen LogP contribution in [0.5, 0.6) is 11.5 Å². The minimum Gasteiger partial charge on any atom is -0.485 e. The summed E-state index contributed by atoms with van der Waals surface area (Å²) in [5.74, 6) is -0.566. The maximum atomic E-state index is 12.3. The molecule has 2 unspecified atom stereocenters. The van der Waals surface area contributed by atoms with Crippen molar-refractivity contribution in [2.75, 3.05) is 11.9 Å². The molecule has 2 aromatic rings. The van der Waals surface area contributed by atoms with E-state index in [4.69, 9.17) is 25.8 Å². The van der Waals surface area contributed by atoms with Gasteiger partial charge in [-0.3, -0.25) is 14.9 Å². The lowest BCUT2D eigenvalue weighted by molar-refractivity contribution is -0.384. The zero-order chi connectivity index (χ0) is 20.3. The maximum Gasteiger partial charge on any atom is 0.351 e. The topological polar surface area (TPSA) is 117 Å². The van der Waals surface area contributed by atoms with Gasteiger partial charge in [0.05, 0.1) is 15.6 Å². The predicted molar refractivity (Wildman–Crippen MR) is 98.6 cm³/mol. The van der Waals surface area contributed by atoms with E-state index in [-0.39, 0.29) is 23.0 Å². The van der Waals surface area contributed by atoms with Gasteiger partial charge < -0.3 is 19.5 Å². The molecule has 1 amide bonds. The average molecular weight is 407 g/mol. The van der Waals surface area contributed by atoms with Crippen LogP contribution >= 0.6 is 11.6 Å². The number of benzene rings is 2. The summed E-state index contributed by atoms with van der Waals surface area (Å²) in [6.07, 6.45) is -2.21. The van der Waals surface area contributed by atoms with E-state index < -0.39 is 29.0 Å². The molecule has 3 rings (SSSR count). The first-order valence-corrected chi connectivity index (χ1v) is 8.56. The molecule has 1 N–H and O–H groups in total. The number of rotatable bonds is 5. The third kappa shape index (κ3) is 4.32. The Hall–Kier alpha value is -3.33. The van der Waals surface area contributed by atoms with E-state index in [1.54, 1.807) is 24.3 Å². The fourth-order valence-electron chi connectivity index (χ4n) is 2.40. The van der Waals surface area contributed by atoms with Crippen molar-refractivity contribution in [3.63, 3.8) is 0 Å². The molecule has 1 heterocycles. The lowest BCUT2D eigenvalue weighted by Crippen LogP contribution is -2.41. The summed E-state index contributed by atoms with van der Waals surface area (Å²) in [6, 6.07) is 10.5. The Morgan fingerprint density at radius 1 is 1.29 bits per heavy atom. The summed E-state index contributed by atoms with van der Waals surface area (Å²) in [5, 5.41) is 13.4. The van der Waals surface area contributed by atoms with E-state index in [0.717, 1.165) is 6.07 Å². The number of carbonyl (C=O) groups excluding carboxylic acids is 2. The number of nitrogens with zero attached hydrogens (tertiary/aromatic N) is 1. The number of para-hydroxylation sites is 2. The first-order chi connectivity index (χ1) is 13.3. The number of non-ortho nitro benzene ring substituents is 1. The van der Waals surface area contributed by atoms with Crippen molar-refractivity contribution in [3.8, 4) is 11.5 Å². The summed E-state index contributed by atoms with van der Waals surface area (Å²) < 4.78 is 16.1. The molecule has 146 valence electrons. The second kappa shape index (κ2) is 8.13. The average Bonchev–Trinajstić information content (AvgIpc) is 2.68. The highest BCUT2D eigenvalue weighted by Gasteiger charge is 2.31. The van der Waals surface area contributed by atoms with Gasteiger partial charge in [-0.2, -0.15) is 0 Å². The fraction of sp³-hybridized carbons (Fsp3) is 0.222. The van der Waals surface area contributed by atoms with Crippen LogP contribution in [0.3, 0.4) is 0 Å². The number of nitro groups is 1. The molecular weight excluding hydrogens is 392 g/mol. The fourth-order valence-corrected chi connectivity index (χ4v) is 2.56. The number of amides is 1. The highest BCUT2D eigenvalue weighted by Crippen LogP contribution is 2.31. The molecule has 0 saturated carbocycles. The van der Waals surface area contributed by atoms with Crippen molar-refractivity contribution < 1.29 is 28.7 Å². The molecule has 2 aromatic carbocycles. The van der Waals surface area contributed by atoms with Crippen molar-refractivity contribution in [1.29, 1.82) is 0 Å². The Bertz CT molecular complexity index is 934. The first kappa shape index (κ1) is 19.4. The highest BCUT2D eigenvalue weighted by atomic mass is 35.5. The quantitative estimate of drug-likeness (QED) is 0.460. The second-order valence-electron chi connectivity index (χ2n) is 5.85. The molecular formula is C18H15ClN2O7. The van der Waals surface area contributed by atoms with Crippen molar-refractivity contribution in [2.24, 2.45) is 0 Å². The van der Waals surface area contributed by atoms with E-state index in [1.807, 2.05) is 0 Å². The smallest absolute Gasteiger partial charge is 0.351 e. The van der Waals surface area contributed by atoms with E-state index in [9.17, 15) is 19.7 Å². The Morgan fingerprint density at radius 2 is 2.00 bits per heavy atom. The molecule has 10 heteroatoms. The molecule has 0 aliphatic carbocycles. The number of anilines is 1. The molecule has 0 saturated heterocycles. The van der Waals surface area contributed by atoms with Gasteiger partial charge in [-0.1, -0.05) is 23.7 Å². The lowest BCUT2D eigenvalue weighted by Gasteiger charge is -2.25. The van der Waals surface area contributed by atoms with Crippen molar-refractivity contribution >= 4 is 34.9 Å². The summed E-state index contributed by atoms with van der Waals surface area (Å²) in [5.41, 5.74) is -0.203. The number of hydrogen-bond donors (Lipinski definition) is 1. The van der Waals surface area contributed by atoms with Crippen LogP contribution in [0.15, 0.2) is 42.5 Å². The summed E-state index contributed by atoms with van der Waals surface area (Å²) in [7, 11) is 0. The van der Waals surface area contributed by atoms with Gasteiger partial charge >= 0.3 is 5.97 Å². The van der Waals surface area contributed by atoms with Crippen molar-refractivity contribution in [3.05, 3.63) is 57.6 Å². The molecule has 0 radical (unpaired) electrons. The third-order valence-corrected chi connectivity index (χ3v) is 4.18. The van der Waals surface area contributed by atoms with Gasteiger partial charge in [0, 0.05) is 12.1 Å². The molecule has 28 heavy (non-hydrogen) atoms. The number of hydrogen-bond acceptors (Lipinski definition) is 7. The number of esters is 1. The van der Waals surface area contributed by atoms with Crippen LogP contribution in [0.25, 0.3) is 0 Å². The molecule has 0 spiro atoms. The molecule has 1 aliphatic rings. The van der Waals surface area contributed by atoms with Crippen LogP contribution in [0.1, 0.15) is 6.92 Å². The monoisotopic (exact) mass is 406 g/mol. The Morgan fingerprint density at radius 3 is 2.71 bits per heavy atom.